The fraction of sp³-hybridized carbons (Fsp3) is 0.222. The van der Waals surface area contributed by atoms with Crippen LogP contribution in [-0.2, 0) is 30.9 Å². The predicted octanol–water partition coefficient (Wildman–Crippen LogP) is 9.67. The fourth-order valence-corrected chi connectivity index (χ4v) is 5.09. The van der Waals surface area contributed by atoms with Gasteiger partial charge in [0.25, 0.3) is 0 Å². The van der Waals surface area contributed by atoms with E-state index in [0.29, 0.717) is 0 Å². The monoisotopic (exact) mass is 701 g/mol. The summed E-state index contributed by atoms with van der Waals surface area (Å²) < 4.78 is 5.94. The van der Waals surface area contributed by atoms with Crippen LogP contribution in [0.2, 0.25) is 0 Å². The van der Waals surface area contributed by atoms with Crippen LogP contribution in [0.5, 0.6) is 0 Å². The summed E-state index contributed by atoms with van der Waals surface area (Å²) in [6.07, 6.45) is 3.80. The van der Waals surface area contributed by atoms with Crippen molar-refractivity contribution in [3.8, 4) is 11.3 Å². The largest absolute Gasteiger partial charge is 0.476 e. The van der Waals surface area contributed by atoms with Gasteiger partial charge in [-0.1, -0.05) is 83.3 Å². The molecule has 7 rings (SSSR count). The number of aromatic nitrogens is 2. The van der Waals surface area contributed by atoms with Crippen molar-refractivity contribution in [1.82, 2.24) is 9.97 Å². The molecule has 0 unspecified atom stereocenters. The molecule has 1 radical (unpaired) electrons. The van der Waals surface area contributed by atoms with E-state index in [0.717, 1.165) is 44.1 Å². The van der Waals surface area contributed by atoms with Crippen molar-refractivity contribution in [1.29, 1.82) is 0 Å². The summed E-state index contributed by atoms with van der Waals surface area (Å²) in [4.78, 5) is 9.11. The molecule has 3 aromatic heterocycles. The number of rotatable bonds is 1. The van der Waals surface area contributed by atoms with Gasteiger partial charge in [-0.2, -0.15) is 0 Å². The number of benzene rings is 4. The van der Waals surface area contributed by atoms with E-state index in [4.69, 9.17) is 4.42 Å². The van der Waals surface area contributed by atoms with E-state index in [1.54, 1.807) is 0 Å². The second-order valence-electron chi connectivity index (χ2n) is 12.2. The van der Waals surface area contributed by atoms with E-state index in [1.807, 2.05) is 42.7 Å². The summed E-state index contributed by atoms with van der Waals surface area (Å²) in [6.45, 7) is 13.3. The van der Waals surface area contributed by atoms with Crippen LogP contribution >= 0.6 is 0 Å². The molecule has 7 aromatic rings. The smallest absolute Gasteiger partial charge is 0.124 e. The van der Waals surface area contributed by atoms with Crippen molar-refractivity contribution in [3.05, 3.63) is 108 Å². The van der Waals surface area contributed by atoms with Gasteiger partial charge < -0.3 is 14.4 Å². The maximum atomic E-state index is 5.94. The first-order valence-corrected chi connectivity index (χ1v) is 13.4. The summed E-state index contributed by atoms with van der Waals surface area (Å²) in [7, 11) is 0. The Labute approximate surface area is 249 Å². The van der Waals surface area contributed by atoms with Crippen molar-refractivity contribution < 1.29 is 24.5 Å². The molecule has 0 amide bonds. The average molecular weight is 701 g/mol. The Bertz CT molecular complexity index is 1770. The summed E-state index contributed by atoms with van der Waals surface area (Å²) >= 11 is 0. The molecule has 0 atom stereocenters. The number of nitrogens with zero attached hydrogens (tertiary/aromatic N) is 2. The average Bonchev–Trinajstić information content (AvgIpc) is 3.32. The van der Waals surface area contributed by atoms with Gasteiger partial charge >= 0.3 is 0 Å². The second-order valence-corrected chi connectivity index (χ2v) is 12.2. The molecule has 0 fully saturated rings. The van der Waals surface area contributed by atoms with Crippen molar-refractivity contribution >= 4 is 43.6 Å². The number of hydrogen-bond acceptors (Lipinski definition) is 3. The van der Waals surface area contributed by atoms with Crippen molar-refractivity contribution in [2.75, 3.05) is 0 Å². The van der Waals surface area contributed by atoms with Gasteiger partial charge in [0.05, 0.1) is 5.58 Å². The van der Waals surface area contributed by atoms with Gasteiger partial charge in [0.1, 0.15) is 5.58 Å². The topological polar surface area (TPSA) is 38.9 Å². The molecule has 0 bridgehead atoms. The summed E-state index contributed by atoms with van der Waals surface area (Å²) in [5.41, 5.74) is 7.74. The zero-order chi connectivity index (χ0) is 27.4. The van der Waals surface area contributed by atoms with Gasteiger partial charge in [-0.25, -0.2) is 0 Å². The van der Waals surface area contributed by atoms with Crippen LogP contribution in [0, 0.1) is 12.1 Å². The summed E-state index contributed by atoms with van der Waals surface area (Å²) in [5.74, 6) is 0. The minimum atomic E-state index is 0. The molecule has 0 saturated heterocycles. The first-order chi connectivity index (χ1) is 18.6. The Morgan fingerprint density at radius 1 is 0.675 bits per heavy atom. The molecule has 3 nitrogen and oxygen atoms in total. The van der Waals surface area contributed by atoms with Gasteiger partial charge in [0, 0.05) is 32.5 Å². The number of pyridine rings is 2. The molecule has 0 aliphatic heterocycles. The standard InChI is InChI=1S/C19H24N.C17H8NO.Ir/c1-18(2,3)15-9-7-14(8-10-15)17-12-11-16(13-20-17)19(4,5)6;1-4-10-11-6-3-9-18-17(11)12-5-2-8-14-16(12)15(10)13(7-1)19-14;/h7,9-13H,1-6H3;1-4,6-9H;/q2*-1;. The molecule has 0 spiro atoms. The zero-order valence-electron chi connectivity index (χ0n) is 23.7. The Morgan fingerprint density at radius 2 is 1.40 bits per heavy atom. The van der Waals surface area contributed by atoms with Gasteiger partial charge in [-0.15, -0.1) is 52.9 Å². The van der Waals surface area contributed by atoms with Crippen LogP contribution in [0.1, 0.15) is 52.7 Å². The quantitative estimate of drug-likeness (QED) is 0.127. The van der Waals surface area contributed by atoms with E-state index in [1.165, 1.54) is 21.9 Å². The molecule has 0 aliphatic rings. The van der Waals surface area contributed by atoms with Crippen LogP contribution in [-0.4, -0.2) is 9.97 Å². The van der Waals surface area contributed by atoms with Crippen LogP contribution < -0.4 is 0 Å². The maximum Gasteiger partial charge on any atom is 0.124 e. The maximum absolute atomic E-state index is 5.94. The molecule has 203 valence electrons. The molecule has 4 aromatic carbocycles. The minimum Gasteiger partial charge on any atom is -0.476 e. The van der Waals surface area contributed by atoms with Crippen LogP contribution in [0.25, 0.3) is 54.9 Å². The van der Waals surface area contributed by atoms with Crippen LogP contribution in [0.4, 0.5) is 0 Å². The van der Waals surface area contributed by atoms with Gasteiger partial charge in [0.2, 0.25) is 0 Å². The number of furan rings is 1. The van der Waals surface area contributed by atoms with Gasteiger partial charge in [-0.3, -0.25) is 0 Å². The molecule has 40 heavy (non-hydrogen) atoms. The third-order valence-corrected chi connectivity index (χ3v) is 7.37. The van der Waals surface area contributed by atoms with Gasteiger partial charge in [-0.05, 0) is 55.9 Å². The SMILES string of the molecule is CC(C)(C)c1c[c-]c(-c2ccc(C(C)(C)C)cn2)cc1.[Ir].[c-]1ccc2oc3cccc4c5cccnc5c1c2c34. The minimum absolute atomic E-state index is 0. The zero-order valence-corrected chi connectivity index (χ0v) is 26.1. The Balaban J connectivity index is 0.000000157. The van der Waals surface area contributed by atoms with E-state index < -0.39 is 0 Å². The van der Waals surface area contributed by atoms with E-state index in [2.05, 4.69) is 106 Å². The van der Waals surface area contributed by atoms with E-state index >= 15 is 0 Å². The molecular formula is C36H32IrN2O-2. The van der Waals surface area contributed by atoms with E-state index in [9.17, 15) is 0 Å². The van der Waals surface area contributed by atoms with Crippen molar-refractivity contribution in [2.24, 2.45) is 0 Å². The third-order valence-electron chi connectivity index (χ3n) is 7.37. The molecule has 0 aliphatic carbocycles. The Morgan fingerprint density at radius 3 is 2.08 bits per heavy atom. The molecule has 3 heterocycles. The summed E-state index contributed by atoms with van der Waals surface area (Å²) in [5, 5.41) is 5.73. The molecule has 4 heteroatoms. The number of hydrogen-bond donors (Lipinski definition) is 0. The summed E-state index contributed by atoms with van der Waals surface area (Å²) in [6, 6.07) is 31.4. The number of fused-ring (bicyclic) bond motifs is 3. The van der Waals surface area contributed by atoms with Crippen LogP contribution in [0.3, 0.4) is 0 Å². The first kappa shape index (κ1) is 28.0. The van der Waals surface area contributed by atoms with E-state index in [-0.39, 0.29) is 30.9 Å². The fourth-order valence-electron chi connectivity index (χ4n) is 5.09. The third kappa shape index (κ3) is 5.03. The molecule has 0 N–H and O–H groups in total. The predicted molar refractivity (Wildman–Crippen MR) is 162 cm³/mol. The van der Waals surface area contributed by atoms with Crippen molar-refractivity contribution in [2.45, 2.75) is 52.4 Å². The second kappa shape index (κ2) is 10.4. The molecular weight excluding hydrogens is 669 g/mol. The molecule has 0 saturated carbocycles. The first-order valence-electron chi connectivity index (χ1n) is 13.4. The van der Waals surface area contributed by atoms with Gasteiger partial charge in [0.15, 0.2) is 0 Å². The Kier molecular flexibility index (Phi) is 7.29. The normalized spacial score (nSPS) is 12.1. The van der Waals surface area contributed by atoms with Crippen molar-refractivity contribution in [3.63, 3.8) is 0 Å². The van der Waals surface area contributed by atoms with Crippen LogP contribution in [0.15, 0.2) is 89.6 Å². The Hall–Kier alpha value is -3.59.